The Hall–Kier alpha value is -6.44. The first kappa shape index (κ1) is 52.9. The highest BCUT2D eigenvalue weighted by atomic mass is 19.1. The van der Waals surface area contributed by atoms with Crippen LogP contribution in [-0.4, -0.2) is 88.6 Å². The fourth-order valence-corrected chi connectivity index (χ4v) is 9.22. The Morgan fingerprint density at radius 1 is 0.740 bits per heavy atom. The van der Waals surface area contributed by atoms with Crippen molar-refractivity contribution in [3.8, 4) is 33.9 Å². The van der Waals surface area contributed by atoms with E-state index < -0.39 is 11.4 Å². The number of halogens is 2. The fraction of sp³-hybridized carbons (Fsp3) is 0.455. The zero-order valence-corrected chi connectivity index (χ0v) is 43.0. The van der Waals surface area contributed by atoms with Crippen LogP contribution in [0.4, 0.5) is 8.78 Å². The van der Waals surface area contributed by atoms with Gasteiger partial charge in [-0.15, -0.1) is 0 Å². The maximum atomic E-state index is 14.0. The molecule has 16 nitrogen and oxygen atoms in total. The number of pyridine rings is 2. The third-order valence-electron chi connectivity index (χ3n) is 12.3. The predicted octanol–water partition coefficient (Wildman–Crippen LogP) is 10.5. The molecule has 0 bridgehead atoms. The Bertz CT molecular complexity index is 2910. The highest BCUT2D eigenvalue weighted by molar-refractivity contribution is 5.92. The third kappa shape index (κ3) is 12.7. The predicted molar refractivity (Wildman–Crippen MR) is 268 cm³/mol. The van der Waals surface area contributed by atoms with Crippen LogP contribution in [0.2, 0.25) is 0 Å². The van der Waals surface area contributed by atoms with E-state index in [4.69, 9.17) is 38.4 Å². The Labute approximate surface area is 424 Å². The number of carbonyl (C=O) groups excluding carboxylic acids is 2. The van der Waals surface area contributed by atoms with Crippen LogP contribution in [0.1, 0.15) is 150 Å². The standard InChI is InChI=1S/C32H39FN4O5.C19H17FN4O2.C4H8O/c1-19(2)29-24(13-12-22-14-23(41-32(6,7)40-22)15-27(38)42-31(3,4)5)28(20-8-10-21(33)11-9-20)25-16-39-17-26-34-18-35-37(26)30(25)36-29;1-11(2)18-14(7-25)17(12-3-5-13(20)6-4-12)15-8-26-9-16-21-10-22-24(16)19(15)23-18;1-2-4-5-3-1/h8-13,18-19,22-23H,14-17H2,1-7H3;3-7,10-11H,8-9H2,1-2H3;1-4H2/b13-12+;;/t22-,23-;;/m1../s1. The van der Waals surface area contributed by atoms with Crippen molar-refractivity contribution in [2.75, 3.05) is 13.2 Å². The zero-order valence-electron chi connectivity index (χ0n) is 43.0. The Balaban J connectivity index is 0.000000193. The summed E-state index contributed by atoms with van der Waals surface area (Å²) < 4.78 is 65.4. The molecule has 2 fully saturated rings. The molecule has 0 aliphatic carbocycles. The molecule has 0 amide bonds. The number of carbonyl (C=O) groups is 2. The first-order valence-electron chi connectivity index (χ1n) is 24.8. The molecule has 2 saturated heterocycles. The van der Waals surface area contributed by atoms with Crippen molar-refractivity contribution < 1.29 is 46.8 Å². The van der Waals surface area contributed by atoms with Gasteiger partial charge in [0, 0.05) is 53.0 Å². The van der Waals surface area contributed by atoms with Crippen LogP contribution in [0.3, 0.4) is 0 Å². The van der Waals surface area contributed by atoms with Gasteiger partial charge < -0.3 is 28.4 Å². The van der Waals surface area contributed by atoms with E-state index in [1.54, 1.807) is 33.6 Å². The normalized spacial score (nSPS) is 18.0. The lowest BCUT2D eigenvalue weighted by atomic mass is 9.90. The van der Waals surface area contributed by atoms with Gasteiger partial charge in [-0.2, -0.15) is 19.6 Å². The molecule has 0 radical (unpaired) electrons. The number of nitrogens with zero attached hydrogens (tertiary/aromatic N) is 8. The van der Waals surface area contributed by atoms with Gasteiger partial charge in [0.25, 0.3) is 0 Å². The molecule has 18 heteroatoms. The minimum atomic E-state index is -0.899. The fourth-order valence-electron chi connectivity index (χ4n) is 9.22. The molecule has 4 aliphatic heterocycles. The van der Waals surface area contributed by atoms with Crippen LogP contribution in [0.5, 0.6) is 0 Å². The SMILES string of the molecule is C1CCOC1.CC(C)c1nc2c(c(-c3ccc(F)cc3)c1/C=C/[C@@H]1C[C@H](CC(=O)OC(C)(C)C)OC(C)(C)O1)COCc1ncnn1-2.CC(C)c1nc2c(c(-c3ccc(F)cc3)c1C=O)COCc1ncnn1-2. The molecule has 0 unspecified atom stereocenters. The van der Waals surface area contributed by atoms with Gasteiger partial charge in [-0.1, -0.05) is 64.1 Å². The van der Waals surface area contributed by atoms with Gasteiger partial charge in [-0.05, 0) is 94.7 Å². The molecule has 386 valence electrons. The quantitative estimate of drug-likeness (QED) is 0.0987. The highest BCUT2D eigenvalue weighted by Gasteiger charge is 2.37. The first-order chi connectivity index (χ1) is 34.9. The molecule has 0 saturated carbocycles. The monoisotopic (exact) mass is 1000 g/mol. The summed E-state index contributed by atoms with van der Waals surface area (Å²) in [5.74, 6) is 0.787. The largest absolute Gasteiger partial charge is 0.460 e. The van der Waals surface area contributed by atoms with Crippen LogP contribution < -0.4 is 0 Å². The highest BCUT2D eigenvalue weighted by Crippen LogP contribution is 2.40. The van der Waals surface area contributed by atoms with E-state index in [1.807, 2.05) is 60.6 Å². The molecule has 4 aliphatic rings. The number of aromatic nitrogens is 8. The van der Waals surface area contributed by atoms with E-state index in [0.717, 1.165) is 58.6 Å². The van der Waals surface area contributed by atoms with Crippen molar-refractivity contribution in [1.29, 1.82) is 0 Å². The second kappa shape index (κ2) is 22.8. The Morgan fingerprint density at radius 2 is 1.23 bits per heavy atom. The molecule has 4 aromatic heterocycles. The zero-order chi connectivity index (χ0) is 52.0. The van der Waals surface area contributed by atoms with Crippen molar-refractivity contribution >= 4 is 18.3 Å². The molecule has 0 spiro atoms. The second-order valence-corrected chi connectivity index (χ2v) is 20.3. The smallest absolute Gasteiger partial charge is 0.308 e. The average Bonchev–Trinajstić information content (AvgIpc) is 4.13. The molecule has 8 heterocycles. The minimum absolute atomic E-state index is 0.0239. The summed E-state index contributed by atoms with van der Waals surface area (Å²) in [5, 5.41) is 8.72. The summed E-state index contributed by atoms with van der Waals surface area (Å²) >= 11 is 0. The van der Waals surface area contributed by atoms with Crippen LogP contribution >= 0.6 is 0 Å². The molecular weight excluding hydrogens is 939 g/mol. The van der Waals surface area contributed by atoms with Crippen molar-refractivity contribution in [1.82, 2.24) is 39.5 Å². The number of aldehydes is 1. The third-order valence-corrected chi connectivity index (χ3v) is 12.3. The summed E-state index contributed by atoms with van der Waals surface area (Å²) in [6.45, 7) is 20.5. The van der Waals surface area contributed by atoms with Crippen LogP contribution in [0, 0.1) is 11.6 Å². The van der Waals surface area contributed by atoms with Crippen molar-refractivity contribution in [2.24, 2.45) is 0 Å². The van der Waals surface area contributed by atoms with Gasteiger partial charge in [-0.3, -0.25) is 9.59 Å². The Morgan fingerprint density at radius 3 is 1.68 bits per heavy atom. The Kier molecular flexibility index (Phi) is 16.5. The topological polar surface area (TPSA) is 177 Å². The number of benzene rings is 2. The van der Waals surface area contributed by atoms with E-state index in [-0.39, 0.29) is 61.3 Å². The molecule has 10 rings (SSSR count). The number of hydrogen-bond donors (Lipinski definition) is 0. The van der Waals surface area contributed by atoms with Gasteiger partial charge in [0.15, 0.2) is 35.4 Å². The molecule has 73 heavy (non-hydrogen) atoms. The summed E-state index contributed by atoms with van der Waals surface area (Å²) in [4.78, 5) is 42.9. The summed E-state index contributed by atoms with van der Waals surface area (Å²) in [7, 11) is 0. The van der Waals surface area contributed by atoms with Crippen LogP contribution in [-0.2, 0) is 59.6 Å². The summed E-state index contributed by atoms with van der Waals surface area (Å²) in [6, 6.07) is 12.5. The first-order valence-corrected chi connectivity index (χ1v) is 24.8. The lowest BCUT2D eigenvalue weighted by Crippen LogP contribution is -2.45. The molecular formula is C55H64F2N8O8. The molecule has 0 N–H and O–H groups in total. The maximum absolute atomic E-state index is 14.0. The number of rotatable bonds is 9. The summed E-state index contributed by atoms with van der Waals surface area (Å²) in [5.41, 5.74) is 7.08. The minimum Gasteiger partial charge on any atom is -0.460 e. The molecule has 2 aromatic carbocycles. The second-order valence-electron chi connectivity index (χ2n) is 20.3. The van der Waals surface area contributed by atoms with Crippen LogP contribution in [0.15, 0.2) is 67.3 Å². The number of fused-ring (bicyclic) bond motifs is 6. The van der Waals surface area contributed by atoms with Gasteiger partial charge in [0.2, 0.25) is 0 Å². The van der Waals surface area contributed by atoms with Gasteiger partial charge in [-0.25, -0.2) is 28.7 Å². The van der Waals surface area contributed by atoms with E-state index in [1.165, 1.54) is 49.8 Å². The van der Waals surface area contributed by atoms with E-state index in [2.05, 4.69) is 34.0 Å². The van der Waals surface area contributed by atoms with Crippen molar-refractivity contribution in [3.63, 3.8) is 0 Å². The van der Waals surface area contributed by atoms with Gasteiger partial charge in [0.1, 0.15) is 43.1 Å². The average molecular weight is 1000 g/mol. The molecule has 6 aromatic rings. The number of ether oxygens (including phenoxy) is 6. The van der Waals surface area contributed by atoms with Crippen LogP contribution in [0.25, 0.3) is 40.0 Å². The maximum Gasteiger partial charge on any atom is 0.308 e. The van der Waals surface area contributed by atoms with E-state index in [0.29, 0.717) is 59.7 Å². The number of hydrogen-bond acceptors (Lipinski definition) is 14. The van der Waals surface area contributed by atoms with Crippen molar-refractivity contribution in [3.05, 3.63) is 124 Å². The van der Waals surface area contributed by atoms with Crippen molar-refractivity contribution in [2.45, 2.75) is 150 Å². The summed E-state index contributed by atoms with van der Waals surface area (Å²) in [6.07, 6.45) is 10.2. The molecule has 2 atom stereocenters. The van der Waals surface area contributed by atoms with E-state index >= 15 is 0 Å². The van der Waals surface area contributed by atoms with E-state index in [9.17, 15) is 18.4 Å². The number of esters is 1. The lowest BCUT2D eigenvalue weighted by molar-refractivity contribution is -0.290. The van der Waals surface area contributed by atoms with Gasteiger partial charge in [0.05, 0.1) is 43.2 Å². The lowest BCUT2D eigenvalue weighted by Gasteiger charge is -2.39. The van der Waals surface area contributed by atoms with Gasteiger partial charge >= 0.3 is 5.97 Å².